The van der Waals surface area contributed by atoms with Crippen LogP contribution in [0.4, 0.5) is 0 Å². The lowest BCUT2D eigenvalue weighted by molar-refractivity contribution is 0.452. The van der Waals surface area contributed by atoms with Gasteiger partial charge in [0.25, 0.3) is 0 Å². The van der Waals surface area contributed by atoms with E-state index in [1.165, 1.54) is 12.1 Å². The highest BCUT2D eigenvalue weighted by molar-refractivity contribution is 5.89. The molecule has 0 spiro atoms. The monoisotopic (exact) mass is 253 g/mol. The molecule has 3 rings (SSSR count). The fourth-order valence-corrected chi connectivity index (χ4v) is 2.22. The zero-order chi connectivity index (χ0) is 13.4. The van der Waals surface area contributed by atoms with Crippen molar-refractivity contribution in [2.45, 2.75) is 6.92 Å². The Morgan fingerprint density at radius 1 is 0.947 bits per heavy atom. The van der Waals surface area contributed by atoms with E-state index < -0.39 is 0 Å². The van der Waals surface area contributed by atoms with Crippen molar-refractivity contribution in [1.82, 2.24) is 0 Å². The highest BCUT2D eigenvalue weighted by Crippen LogP contribution is 2.35. The molecule has 0 aliphatic rings. The van der Waals surface area contributed by atoms with Crippen molar-refractivity contribution in [1.29, 1.82) is 0 Å². The molecule has 0 radical (unpaired) electrons. The minimum atomic E-state index is -0.0154. The van der Waals surface area contributed by atoms with Crippen LogP contribution < -0.4 is 0 Å². The summed E-state index contributed by atoms with van der Waals surface area (Å²) in [7, 11) is 0. The normalized spacial score (nSPS) is 10.8. The summed E-state index contributed by atoms with van der Waals surface area (Å²) in [6, 6.07) is 14.4. The summed E-state index contributed by atoms with van der Waals surface area (Å²) in [5.74, 6) is 0.713. The van der Waals surface area contributed by atoms with Crippen molar-refractivity contribution in [3.8, 4) is 22.8 Å². The molecule has 0 bridgehead atoms. The molecule has 3 aromatic rings. The maximum Gasteiger partial charge on any atom is 0.368 e. The van der Waals surface area contributed by atoms with Crippen LogP contribution in [-0.2, 0) is 0 Å². The summed E-state index contributed by atoms with van der Waals surface area (Å²) < 4.78 is 5.77. The summed E-state index contributed by atoms with van der Waals surface area (Å²) >= 11 is 0. The van der Waals surface area contributed by atoms with Gasteiger partial charge in [0.2, 0.25) is 0 Å². The molecular weight excluding hydrogens is 240 g/mol. The molecule has 3 nitrogen and oxygen atoms in total. The molecule has 94 valence electrons. The molecule has 0 atom stereocenters. The molecule has 0 unspecified atom stereocenters. The van der Waals surface area contributed by atoms with Crippen molar-refractivity contribution in [3.05, 3.63) is 54.1 Å². The zero-order valence-corrected chi connectivity index (χ0v) is 10.4. The number of rotatable bonds is 1. The number of hydrogen-bond acceptors (Lipinski definition) is 2. The molecule has 0 saturated carbocycles. The fourth-order valence-electron chi connectivity index (χ4n) is 2.22. The van der Waals surface area contributed by atoms with E-state index in [0.29, 0.717) is 16.7 Å². The van der Waals surface area contributed by atoms with Gasteiger partial charge in [-0.2, -0.15) is 0 Å². The topological polar surface area (TPSA) is 51.8 Å². The first kappa shape index (κ1) is 11.5. The highest BCUT2D eigenvalue weighted by Gasteiger charge is 2.20. The molecule has 0 saturated heterocycles. The standard InChI is InChI=1S/C16H12O3/c1-10-7-14(11-5-3-2-4-6-11)19-15-9-12(17)8-13(18)16(10)15/h2-9H,1H3,(H-,17,18)/p+1. The maximum atomic E-state index is 9.87. The summed E-state index contributed by atoms with van der Waals surface area (Å²) in [5.41, 5.74) is 2.32. The van der Waals surface area contributed by atoms with Crippen LogP contribution in [0, 0.1) is 6.92 Å². The van der Waals surface area contributed by atoms with E-state index in [1.807, 2.05) is 43.3 Å². The van der Waals surface area contributed by atoms with E-state index in [-0.39, 0.29) is 11.5 Å². The van der Waals surface area contributed by atoms with Gasteiger partial charge in [0.05, 0.1) is 11.6 Å². The Balaban J connectivity index is 2.31. The van der Waals surface area contributed by atoms with Gasteiger partial charge < -0.3 is 10.2 Å². The summed E-state index contributed by atoms with van der Waals surface area (Å²) in [4.78, 5) is 0. The second-order valence-corrected chi connectivity index (χ2v) is 4.50. The Bertz CT molecular complexity index is 749. The molecule has 2 aromatic carbocycles. The van der Waals surface area contributed by atoms with E-state index in [2.05, 4.69) is 0 Å². The number of benzene rings is 2. The minimum Gasteiger partial charge on any atom is -0.507 e. The molecule has 19 heavy (non-hydrogen) atoms. The average molecular weight is 253 g/mol. The van der Waals surface area contributed by atoms with Gasteiger partial charge in [-0.3, -0.25) is 0 Å². The third-order valence-corrected chi connectivity index (χ3v) is 3.09. The van der Waals surface area contributed by atoms with Crippen molar-refractivity contribution < 1.29 is 14.6 Å². The number of phenols is 2. The Kier molecular flexibility index (Phi) is 2.60. The predicted molar refractivity (Wildman–Crippen MR) is 74.1 cm³/mol. The molecule has 3 heteroatoms. The van der Waals surface area contributed by atoms with Gasteiger partial charge >= 0.3 is 11.3 Å². The van der Waals surface area contributed by atoms with Crippen LogP contribution in [0.1, 0.15) is 5.56 Å². The largest absolute Gasteiger partial charge is 0.507 e. The molecule has 0 aliphatic carbocycles. The number of aryl methyl sites for hydroxylation is 1. The first-order valence-electron chi connectivity index (χ1n) is 6.00. The molecular formula is C16H13O3+. The summed E-state index contributed by atoms with van der Waals surface area (Å²) in [6.07, 6.45) is 0. The molecule has 0 fully saturated rings. The van der Waals surface area contributed by atoms with Gasteiger partial charge in [0.15, 0.2) is 0 Å². The quantitative estimate of drug-likeness (QED) is 0.642. The van der Waals surface area contributed by atoms with Crippen LogP contribution in [0.15, 0.2) is 52.9 Å². The Hall–Kier alpha value is -2.55. The van der Waals surface area contributed by atoms with E-state index in [0.717, 1.165) is 11.1 Å². The third kappa shape index (κ3) is 1.99. The lowest BCUT2D eigenvalue weighted by Gasteiger charge is -2.00. The van der Waals surface area contributed by atoms with Crippen molar-refractivity contribution in [2.24, 2.45) is 0 Å². The highest BCUT2D eigenvalue weighted by atomic mass is 16.3. The van der Waals surface area contributed by atoms with Gasteiger partial charge in [-0.1, -0.05) is 18.2 Å². The minimum absolute atomic E-state index is 0.0154. The first-order valence-corrected chi connectivity index (χ1v) is 6.00. The van der Waals surface area contributed by atoms with Crippen LogP contribution in [0.5, 0.6) is 11.5 Å². The van der Waals surface area contributed by atoms with Crippen LogP contribution in [0.3, 0.4) is 0 Å². The van der Waals surface area contributed by atoms with Gasteiger partial charge in [-0.05, 0) is 24.6 Å². The number of hydrogen-bond donors (Lipinski definition) is 2. The second-order valence-electron chi connectivity index (χ2n) is 4.50. The fraction of sp³-hybridized carbons (Fsp3) is 0.0625. The molecule has 1 aromatic heterocycles. The van der Waals surface area contributed by atoms with Crippen LogP contribution >= 0.6 is 0 Å². The summed E-state index contributed by atoms with van der Waals surface area (Å²) in [6.45, 7) is 1.90. The Morgan fingerprint density at radius 3 is 2.42 bits per heavy atom. The van der Waals surface area contributed by atoms with E-state index in [1.54, 1.807) is 0 Å². The van der Waals surface area contributed by atoms with Gasteiger partial charge in [0, 0.05) is 12.1 Å². The van der Waals surface area contributed by atoms with Crippen molar-refractivity contribution in [3.63, 3.8) is 0 Å². The van der Waals surface area contributed by atoms with Crippen LogP contribution in [0.25, 0.3) is 22.3 Å². The molecule has 0 aliphatic heterocycles. The average Bonchev–Trinajstić information content (AvgIpc) is 2.38. The van der Waals surface area contributed by atoms with E-state index in [9.17, 15) is 10.2 Å². The van der Waals surface area contributed by atoms with Gasteiger partial charge in [-0.25, -0.2) is 4.42 Å². The summed E-state index contributed by atoms with van der Waals surface area (Å²) in [5, 5.41) is 20.0. The zero-order valence-electron chi connectivity index (χ0n) is 10.4. The van der Waals surface area contributed by atoms with Crippen molar-refractivity contribution in [2.75, 3.05) is 0 Å². The van der Waals surface area contributed by atoms with Crippen LogP contribution in [-0.4, -0.2) is 10.2 Å². The van der Waals surface area contributed by atoms with Gasteiger partial charge in [0.1, 0.15) is 16.9 Å². The van der Waals surface area contributed by atoms with Crippen molar-refractivity contribution >= 4 is 11.0 Å². The van der Waals surface area contributed by atoms with Crippen LogP contribution in [0.2, 0.25) is 0 Å². The predicted octanol–water partition coefficient (Wildman–Crippen LogP) is 4.10. The lowest BCUT2D eigenvalue weighted by Crippen LogP contribution is -1.84. The SMILES string of the molecule is Cc1cc(-c2ccccc2)[o+]c2cc(O)cc(O)c12. The lowest BCUT2D eigenvalue weighted by atomic mass is 10.1. The smallest absolute Gasteiger partial charge is 0.368 e. The molecule has 2 N–H and O–H groups in total. The third-order valence-electron chi connectivity index (χ3n) is 3.09. The molecule has 0 amide bonds. The number of phenolic OH excluding ortho intramolecular Hbond substituents is 2. The molecule has 1 heterocycles. The Labute approximate surface area is 110 Å². The first-order chi connectivity index (χ1) is 9.15. The Morgan fingerprint density at radius 2 is 1.68 bits per heavy atom. The second kappa shape index (κ2) is 4.28. The van der Waals surface area contributed by atoms with E-state index in [4.69, 9.17) is 4.42 Å². The maximum absolute atomic E-state index is 9.87. The van der Waals surface area contributed by atoms with E-state index >= 15 is 0 Å². The van der Waals surface area contributed by atoms with Gasteiger partial charge in [-0.15, -0.1) is 0 Å². The number of aromatic hydroxyl groups is 2. The number of fused-ring (bicyclic) bond motifs is 1.